The largest absolute Gasteiger partial charge is 0.371 e. The highest BCUT2D eigenvalue weighted by atomic mass is 35.5. The van der Waals surface area contributed by atoms with Crippen LogP contribution in [0.25, 0.3) is 0 Å². The zero-order chi connectivity index (χ0) is 18.3. The average molecular weight is 378 g/mol. The summed E-state index contributed by atoms with van der Waals surface area (Å²) >= 11 is 0. The van der Waals surface area contributed by atoms with Gasteiger partial charge in [0.25, 0.3) is 0 Å². The van der Waals surface area contributed by atoms with E-state index in [9.17, 15) is 9.59 Å². The van der Waals surface area contributed by atoms with Gasteiger partial charge in [0, 0.05) is 13.7 Å². The van der Waals surface area contributed by atoms with Crippen LogP contribution in [0, 0.1) is 5.92 Å². The van der Waals surface area contributed by atoms with Crippen LogP contribution < -0.4 is 11.1 Å². The SMILES string of the molecule is CCOC(C)c1noc(CN(C)C(=O)CNC(=O)[C@@H](N)C(C)C)n1.Cl. The maximum absolute atomic E-state index is 12.0. The molecule has 1 rings (SSSR count). The third-order valence-electron chi connectivity index (χ3n) is 3.50. The van der Waals surface area contributed by atoms with Crippen molar-refractivity contribution >= 4 is 24.2 Å². The average Bonchev–Trinajstić information content (AvgIpc) is 3.00. The molecular formula is C15H28ClN5O4. The number of rotatable bonds is 9. The lowest BCUT2D eigenvalue weighted by Crippen LogP contribution is -2.47. The Morgan fingerprint density at radius 3 is 2.56 bits per heavy atom. The topological polar surface area (TPSA) is 124 Å². The number of halogens is 1. The van der Waals surface area contributed by atoms with Gasteiger partial charge >= 0.3 is 0 Å². The van der Waals surface area contributed by atoms with E-state index in [1.165, 1.54) is 4.90 Å². The first-order valence-electron chi connectivity index (χ1n) is 7.97. The molecule has 2 atom stereocenters. The molecule has 1 unspecified atom stereocenters. The number of ether oxygens (including phenoxy) is 1. The Morgan fingerprint density at radius 2 is 2.00 bits per heavy atom. The molecule has 25 heavy (non-hydrogen) atoms. The number of carbonyl (C=O) groups is 2. The summed E-state index contributed by atoms with van der Waals surface area (Å²) in [6, 6.07) is -0.637. The molecule has 9 nitrogen and oxygen atoms in total. The highest BCUT2D eigenvalue weighted by Crippen LogP contribution is 2.13. The molecule has 0 fully saturated rings. The first-order valence-corrected chi connectivity index (χ1v) is 7.97. The van der Waals surface area contributed by atoms with E-state index in [1.807, 2.05) is 27.7 Å². The van der Waals surface area contributed by atoms with Crippen molar-refractivity contribution in [1.29, 1.82) is 0 Å². The van der Waals surface area contributed by atoms with Gasteiger partial charge < -0.3 is 25.2 Å². The zero-order valence-electron chi connectivity index (χ0n) is 15.3. The second-order valence-electron chi connectivity index (χ2n) is 5.88. The molecule has 0 spiro atoms. The molecule has 1 aromatic heterocycles. The molecule has 0 aliphatic heterocycles. The van der Waals surface area contributed by atoms with E-state index in [0.717, 1.165) is 0 Å². The fourth-order valence-corrected chi connectivity index (χ4v) is 1.83. The zero-order valence-corrected chi connectivity index (χ0v) is 16.1. The molecule has 3 N–H and O–H groups in total. The van der Waals surface area contributed by atoms with Gasteiger partial charge in [-0.25, -0.2) is 0 Å². The first-order chi connectivity index (χ1) is 11.3. The van der Waals surface area contributed by atoms with E-state index in [-0.39, 0.29) is 49.3 Å². The van der Waals surface area contributed by atoms with Gasteiger partial charge in [-0.1, -0.05) is 19.0 Å². The lowest BCUT2D eigenvalue weighted by Gasteiger charge is -2.18. The van der Waals surface area contributed by atoms with Crippen LogP contribution in [-0.4, -0.2) is 53.1 Å². The van der Waals surface area contributed by atoms with Crippen molar-refractivity contribution in [2.45, 2.75) is 46.4 Å². The molecule has 0 aromatic carbocycles. The molecule has 1 aromatic rings. The fraction of sp³-hybridized carbons (Fsp3) is 0.733. The second kappa shape index (κ2) is 11.0. The highest BCUT2D eigenvalue weighted by Gasteiger charge is 2.20. The summed E-state index contributed by atoms with van der Waals surface area (Å²) in [5.74, 6) is 0.109. The van der Waals surface area contributed by atoms with Crippen molar-refractivity contribution in [3.8, 4) is 0 Å². The smallest absolute Gasteiger partial charge is 0.246 e. The Labute approximate surface area is 154 Å². The number of nitrogens with one attached hydrogen (secondary N) is 1. The Kier molecular flexibility index (Phi) is 10.3. The summed E-state index contributed by atoms with van der Waals surface area (Å²) in [6.07, 6.45) is -0.273. The van der Waals surface area contributed by atoms with Crippen molar-refractivity contribution in [1.82, 2.24) is 20.4 Å². The van der Waals surface area contributed by atoms with E-state index in [4.69, 9.17) is 15.0 Å². The normalized spacial score (nSPS) is 13.1. The Morgan fingerprint density at radius 1 is 1.36 bits per heavy atom. The van der Waals surface area contributed by atoms with Crippen LogP contribution in [0.4, 0.5) is 0 Å². The number of hydrogen-bond donors (Lipinski definition) is 2. The van der Waals surface area contributed by atoms with Gasteiger partial charge in [-0.15, -0.1) is 12.4 Å². The minimum Gasteiger partial charge on any atom is -0.371 e. The molecule has 0 saturated heterocycles. The molecule has 10 heteroatoms. The molecule has 144 valence electrons. The monoisotopic (exact) mass is 377 g/mol. The van der Waals surface area contributed by atoms with Crippen molar-refractivity contribution < 1.29 is 18.8 Å². The fourth-order valence-electron chi connectivity index (χ4n) is 1.83. The highest BCUT2D eigenvalue weighted by molar-refractivity contribution is 5.87. The Bertz CT molecular complexity index is 552. The predicted octanol–water partition coefficient (Wildman–Crippen LogP) is 0.647. The quantitative estimate of drug-likeness (QED) is 0.647. The van der Waals surface area contributed by atoms with Crippen LogP contribution in [0.1, 0.15) is 45.5 Å². The summed E-state index contributed by atoms with van der Waals surface area (Å²) < 4.78 is 10.5. The predicted molar refractivity (Wildman–Crippen MR) is 93.9 cm³/mol. The maximum atomic E-state index is 12.0. The minimum atomic E-state index is -0.637. The lowest BCUT2D eigenvalue weighted by molar-refractivity contribution is -0.133. The third-order valence-corrected chi connectivity index (χ3v) is 3.50. The summed E-state index contributed by atoms with van der Waals surface area (Å²) in [7, 11) is 1.59. The van der Waals surface area contributed by atoms with E-state index in [1.54, 1.807) is 7.05 Å². The first kappa shape index (κ1) is 23.3. The summed E-state index contributed by atoms with van der Waals surface area (Å²) in [6.45, 7) is 7.94. The van der Waals surface area contributed by atoms with Crippen molar-refractivity contribution in [3.63, 3.8) is 0 Å². The van der Waals surface area contributed by atoms with Crippen molar-refractivity contribution in [2.24, 2.45) is 11.7 Å². The van der Waals surface area contributed by atoms with Crippen LogP contribution in [0.3, 0.4) is 0 Å². The lowest BCUT2D eigenvalue weighted by atomic mass is 10.1. The molecule has 2 amide bonds. The molecule has 0 bridgehead atoms. The molecule has 0 radical (unpaired) electrons. The summed E-state index contributed by atoms with van der Waals surface area (Å²) in [4.78, 5) is 29.4. The van der Waals surface area contributed by atoms with Crippen LogP contribution in [0.15, 0.2) is 4.52 Å². The van der Waals surface area contributed by atoms with Gasteiger partial charge in [0.2, 0.25) is 17.7 Å². The van der Waals surface area contributed by atoms with E-state index >= 15 is 0 Å². The number of likely N-dealkylation sites (N-methyl/N-ethyl adjacent to an activating group) is 1. The summed E-state index contributed by atoms with van der Waals surface area (Å²) in [5.41, 5.74) is 5.72. The van der Waals surface area contributed by atoms with Gasteiger partial charge in [0.05, 0.1) is 19.1 Å². The maximum Gasteiger partial charge on any atom is 0.246 e. The standard InChI is InChI=1S/C15H27N5O4.ClH/c1-6-23-10(4)14-18-11(24-19-14)8-20(5)12(21)7-17-15(22)13(16)9(2)3;/h9-10,13H,6-8,16H2,1-5H3,(H,17,22);1H/t10?,13-;/m0./s1. The van der Waals surface area contributed by atoms with Gasteiger partial charge in [0.1, 0.15) is 6.10 Å². The number of nitrogens with zero attached hydrogens (tertiary/aromatic N) is 3. The van der Waals surface area contributed by atoms with Gasteiger partial charge in [-0.05, 0) is 19.8 Å². The number of nitrogens with two attached hydrogens (primary N) is 1. The van der Waals surface area contributed by atoms with E-state index in [2.05, 4.69) is 15.5 Å². The molecule has 0 aliphatic rings. The molecule has 1 heterocycles. The molecule has 0 saturated carbocycles. The summed E-state index contributed by atoms with van der Waals surface area (Å²) in [5, 5.41) is 6.36. The van der Waals surface area contributed by atoms with Crippen LogP contribution >= 0.6 is 12.4 Å². The number of aromatic nitrogens is 2. The van der Waals surface area contributed by atoms with Crippen LogP contribution in [0.5, 0.6) is 0 Å². The van der Waals surface area contributed by atoms with Crippen LogP contribution in [0.2, 0.25) is 0 Å². The van der Waals surface area contributed by atoms with E-state index in [0.29, 0.717) is 18.3 Å². The van der Waals surface area contributed by atoms with Gasteiger partial charge in [-0.2, -0.15) is 4.98 Å². The van der Waals surface area contributed by atoms with Crippen molar-refractivity contribution in [3.05, 3.63) is 11.7 Å². The van der Waals surface area contributed by atoms with Crippen LogP contribution in [-0.2, 0) is 20.9 Å². The number of carbonyl (C=O) groups excluding carboxylic acids is 2. The number of hydrogen-bond acceptors (Lipinski definition) is 7. The van der Waals surface area contributed by atoms with Gasteiger partial charge in [0.15, 0.2) is 5.82 Å². The molecular weight excluding hydrogens is 350 g/mol. The number of amides is 2. The van der Waals surface area contributed by atoms with E-state index < -0.39 is 6.04 Å². The van der Waals surface area contributed by atoms with Crippen molar-refractivity contribution in [2.75, 3.05) is 20.2 Å². The third kappa shape index (κ3) is 7.37. The van der Waals surface area contributed by atoms with Gasteiger partial charge in [-0.3, -0.25) is 9.59 Å². The Hall–Kier alpha value is -1.71. The minimum absolute atomic E-state index is 0. The molecule has 0 aliphatic carbocycles. The Balaban J connectivity index is 0.00000576. The second-order valence-corrected chi connectivity index (χ2v) is 5.88.